The van der Waals surface area contributed by atoms with Crippen LogP contribution in [0.5, 0.6) is 0 Å². The molecule has 3 aliphatic carbocycles. The van der Waals surface area contributed by atoms with E-state index in [0.717, 1.165) is 82.0 Å². The van der Waals surface area contributed by atoms with E-state index in [0.29, 0.717) is 11.7 Å². The zero-order valence-electron chi connectivity index (χ0n) is 15.2. The van der Waals surface area contributed by atoms with Crippen molar-refractivity contribution in [2.75, 3.05) is 6.67 Å². The molecule has 0 bridgehead atoms. The number of hydrogen-bond acceptors (Lipinski definition) is 2. The Morgan fingerprint density at radius 3 is 1.92 bits per heavy atom. The van der Waals surface area contributed by atoms with Crippen molar-refractivity contribution in [2.24, 2.45) is 23.7 Å². The molecule has 0 aliphatic heterocycles. The van der Waals surface area contributed by atoms with Gasteiger partial charge in [0, 0.05) is 12.8 Å². The molecule has 0 unspecified atom stereocenters. The van der Waals surface area contributed by atoms with Gasteiger partial charge >= 0.3 is 0 Å². The minimum absolute atomic E-state index is 0.0961. The molecule has 3 fully saturated rings. The summed E-state index contributed by atoms with van der Waals surface area (Å²) in [6.07, 6.45) is 12.3. The van der Waals surface area contributed by atoms with Gasteiger partial charge in [-0.05, 0) is 92.4 Å². The van der Waals surface area contributed by atoms with Gasteiger partial charge in [0.05, 0.1) is 12.8 Å². The summed E-state index contributed by atoms with van der Waals surface area (Å²) in [5, 5.41) is 0. The highest BCUT2D eigenvalue weighted by Crippen LogP contribution is 2.39. The number of Topliss-reactive ketones (excluding diaryl/α,β-unsaturated/α-hetero) is 1. The third kappa shape index (κ3) is 6.42. The van der Waals surface area contributed by atoms with Gasteiger partial charge < -0.3 is 0 Å². The zero-order chi connectivity index (χ0) is 17.4. The molecule has 0 spiro atoms. The Labute approximate surface area is 145 Å². The van der Waals surface area contributed by atoms with E-state index >= 15 is 0 Å². The second-order valence-electron chi connectivity index (χ2n) is 8.28. The predicted molar refractivity (Wildman–Crippen MR) is 92.0 cm³/mol. The Morgan fingerprint density at radius 2 is 1.42 bits per heavy atom. The molecular formula is C20H34F2O2. The van der Waals surface area contributed by atoms with Crippen LogP contribution < -0.4 is 0 Å². The number of alkyl halides is 1. The summed E-state index contributed by atoms with van der Waals surface area (Å²) in [6.45, 7) is 2.07. The molecule has 0 heterocycles. The molecule has 3 rings (SSSR count). The molecule has 0 radical (unpaired) electrons. The van der Waals surface area contributed by atoms with Crippen molar-refractivity contribution in [3.8, 4) is 0 Å². The van der Waals surface area contributed by atoms with E-state index in [-0.39, 0.29) is 12.8 Å². The third-order valence-electron chi connectivity index (χ3n) is 6.45. The lowest BCUT2D eigenvalue weighted by Gasteiger charge is -2.34. The minimum atomic E-state index is -0.129. The first-order valence-corrected chi connectivity index (χ1v) is 9.97. The standard InChI is InChI=1S/C13H21FO.C7H13FO/c14-9-10-1-3-11(4-2-10)12-5-7-13(15)8-6-12;1-6-2-4-7(9-8)5-3-6/h10-12H,1-9H2;6-7H,2-5H2,1H3. The van der Waals surface area contributed by atoms with Gasteiger partial charge in [0.2, 0.25) is 0 Å². The van der Waals surface area contributed by atoms with Gasteiger partial charge in [-0.3, -0.25) is 9.18 Å². The Kier molecular flexibility index (Phi) is 8.65. The third-order valence-corrected chi connectivity index (χ3v) is 6.45. The quantitative estimate of drug-likeness (QED) is 0.629. The van der Waals surface area contributed by atoms with Gasteiger partial charge in [-0.1, -0.05) is 6.92 Å². The van der Waals surface area contributed by atoms with Gasteiger partial charge in [0.15, 0.2) is 0 Å². The molecule has 0 saturated heterocycles. The molecule has 24 heavy (non-hydrogen) atoms. The molecule has 0 amide bonds. The van der Waals surface area contributed by atoms with Crippen LogP contribution >= 0.6 is 0 Å². The molecule has 0 aromatic heterocycles. The lowest BCUT2D eigenvalue weighted by atomic mass is 9.71. The Balaban J connectivity index is 0.000000198. The van der Waals surface area contributed by atoms with Crippen molar-refractivity contribution in [3.63, 3.8) is 0 Å². The Bertz CT molecular complexity index is 349. The molecule has 0 aromatic rings. The van der Waals surface area contributed by atoms with E-state index in [2.05, 4.69) is 11.9 Å². The van der Waals surface area contributed by atoms with E-state index < -0.39 is 0 Å². The molecule has 0 N–H and O–H groups in total. The van der Waals surface area contributed by atoms with Crippen molar-refractivity contribution in [1.82, 2.24) is 0 Å². The van der Waals surface area contributed by atoms with Gasteiger partial charge in [-0.15, -0.1) is 0 Å². The Morgan fingerprint density at radius 1 is 0.875 bits per heavy atom. The summed E-state index contributed by atoms with van der Waals surface area (Å²) in [5.74, 6) is 3.12. The summed E-state index contributed by atoms with van der Waals surface area (Å²) in [7, 11) is 0. The van der Waals surface area contributed by atoms with E-state index in [1.807, 2.05) is 0 Å². The maximum absolute atomic E-state index is 12.5. The number of ketones is 1. The Hall–Kier alpha value is -0.510. The predicted octanol–water partition coefficient (Wildman–Crippen LogP) is 5.99. The smallest absolute Gasteiger partial charge is 0.132 e. The first kappa shape index (κ1) is 19.8. The normalized spacial score (nSPS) is 35.2. The lowest BCUT2D eigenvalue weighted by molar-refractivity contribution is -0.189. The number of halogens is 2. The number of carbonyl (C=O) groups excluding carboxylic acids is 1. The maximum Gasteiger partial charge on any atom is 0.132 e. The highest BCUT2D eigenvalue weighted by Gasteiger charge is 2.30. The SMILES string of the molecule is CC1CCC(OF)CC1.O=C1CCC(C2CCC(CF)CC2)CC1. The average Bonchev–Trinajstić information content (AvgIpc) is 2.64. The van der Waals surface area contributed by atoms with Crippen molar-refractivity contribution in [1.29, 1.82) is 0 Å². The van der Waals surface area contributed by atoms with Crippen LogP contribution in [0, 0.1) is 23.7 Å². The molecule has 0 aromatic carbocycles. The molecule has 140 valence electrons. The van der Waals surface area contributed by atoms with Crippen molar-refractivity contribution >= 4 is 5.78 Å². The fourth-order valence-electron chi connectivity index (χ4n) is 4.57. The van der Waals surface area contributed by atoms with Crippen LogP contribution in [-0.2, 0) is 9.74 Å². The van der Waals surface area contributed by atoms with Gasteiger partial charge in [-0.25, -0.2) is 0 Å². The van der Waals surface area contributed by atoms with Gasteiger partial charge in [0.1, 0.15) is 5.78 Å². The van der Waals surface area contributed by atoms with E-state index in [1.54, 1.807) is 0 Å². The zero-order valence-corrected chi connectivity index (χ0v) is 15.2. The molecule has 3 saturated carbocycles. The summed E-state index contributed by atoms with van der Waals surface area (Å²) in [6, 6.07) is 0. The highest BCUT2D eigenvalue weighted by atomic mass is 19.3. The topological polar surface area (TPSA) is 26.3 Å². The van der Waals surface area contributed by atoms with Crippen molar-refractivity contribution in [2.45, 2.75) is 90.1 Å². The molecule has 2 nitrogen and oxygen atoms in total. The summed E-state index contributed by atoms with van der Waals surface area (Å²) in [4.78, 5) is 14.9. The van der Waals surface area contributed by atoms with Crippen LogP contribution in [0.4, 0.5) is 8.92 Å². The molecule has 4 heteroatoms. The maximum atomic E-state index is 12.5. The van der Waals surface area contributed by atoms with Crippen LogP contribution in [0.2, 0.25) is 0 Å². The monoisotopic (exact) mass is 344 g/mol. The number of carbonyl (C=O) groups is 1. The van der Waals surface area contributed by atoms with Crippen LogP contribution in [0.25, 0.3) is 0 Å². The molecular weight excluding hydrogens is 310 g/mol. The largest absolute Gasteiger partial charge is 0.300 e. The average molecular weight is 344 g/mol. The highest BCUT2D eigenvalue weighted by molar-refractivity contribution is 5.79. The van der Waals surface area contributed by atoms with E-state index in [4.69, 9.17) is 0 Å². The number of rotatable bonds is 3. The summed E-state index contributed by atoms with van der Waals surface area (Å²) < 4.78 is 24.0. The second-order valence-corrected chi connectivity index (χ2v) is 8.28. The number of hydrogen-bond donors (Lipinski definition) is 0. The lowest BCUT2D eigenvalue weighted by Crippen LogP contribution is -2.26. The molecule has 3 aliphatic rings. The summed E-state index contributed by atoms with van der Waals surface area (Å²) >= 11 is 0. The van der Waals surface area contributed by atoms with Gasteiger partial charge in [-0.2, -0.15) is 4.94 Å². The van der Waals surface area contributed by atoms with E-state index in [1.165, 1.54) is 12.8 Å². The van der Waals surface area contributed by atoms with E-state index in [9.17, 15) is 13.7 Å². The molecule has 0 atom stereocenters. The first-order chi connectivity index (χ1) is 11.6. The van der Waals surface area contributed by atoms with Crippen LogP contribution in [0.1, 0.15) is 84.0 Å². The van der Waals surface area contributed by atoms with Crippen molar-refractivity contribution < 1.29 is 18.7 Å². The van der Waals surface area contributed by atoms with Crippen molar-refractivity contribution in [3.05, 3.63) is 0 Å². The first-order valence-electron chi connectivity index (χ1n) is 9.97. The second kappa shape index (κ2) is 10.5. The fourth-order valence-corrected chi connectivity index (χ4v) is 4.57. The van der Waals surface area contributed by atoms with Crippen LogP contribution in [-0.4, -0.2) is 18.6 Å². The van der Waals surface area contributed by atoms with Crippen LogP contribution in [0.3, 0.4) is 0 Å². The fraction of sp³-hybridized carbons (Fsp3) is 0.950. The van der Waals surface area contributed by atoms with Crippen LogP contribution in [0.15, 0.2) is 0 Å². The minimum Gasteiger partial charge on any atom is -0.300 e. The van der Waals surface area contributed by atoms with Gasteiger partial charge in [0.25, 0.3) is 0 Å². The summed E-state index contributed by atoms with van der Waals surface area (Å²) in [5.41, 5.74) is 0.